The minimum Gasteiger partial charge on any atom is -0.493 e. The van der Waals surface area contributed by atoms with Gasteiger partial charge in [0, 0.05) is 25.0 Å². The Morgan fingerprint density at radius 2 is 1.85 bits per heavy atom. The number of hydrogen-bond donors (Lipinski definition) is 2. The summed E-state index contributed by atoms with van der Waals surface area (Å²) in [6.45, 7) is 1.45. The van der Waals surface area contributed by atoms with Crippen LogP contribution in [0.3, 0.4) is 0 Å². The second-order valence-corrected chi connectivity index (χ2v) is 8.55. The van der Waals surface area contributed by atoms with Gasteiger partial charge in [0.2, 0.25) is 11.7 Å². The van der Waals surface area contributed by atoms with Crippen LogP contribution in [-0.4, -0.2) is 59.1 Å². The van der Waals surface area contributed by atoms with Gasteiger partial charge < -0.3 is 34.1 Å². The monoisotopic (exact) mass is 484 g/mol. The fourth-order valence-corrected chi connectivity index (χ4v) is 4.39. The van der Waals surface area contributed by atoms with E-state index in [1.165, 1.54) is 4.88 Å². The summed E-state index contributed by atoms with van der Waals surface area (Å²) in [4.78, 5) is 17.3. The van der Waals surface area contributed by atoms with Crippen molar-refractivity contribution in [3.05, 3.63) is 46.4 Å². The van der Waals surface area contributed by atoms with E-state index in [1.54, 1.807) is 39.0 Å². The first-order chi connectivity index (χ1) is 16.6. The standard InChI is InChI=1S/C23H28N6O4S/c1-28-14-25-19-21(24-7-8-30)26-23(27-22(19)28)29(13-16-6-5-9-34-16)12-15-10-17(31-2)20(33-4)18(11-15)32-3/h5-6,9-11,14,30H,7-8,12-13H2,1-4H3,(H,24,26,27). The number of nitrogens with one attached hydrogen (secondary N) is 1. The van der Waals surface area contributed by atoms with Crippen molar-refractivity contribution in [1.29, 1.82) is 0 Å². The van der Waals surface area contributed by atoms with Crippen LogP contribution in [0.1, 0.15) is 10.4 Å². The molecule has 0 radical (unpaired) electrons. The van der Waals surface area contributed by atoms with Crippen LogP contribution in [-0.2, 0) is 20.1 Å². The van der Waals surface area contributed by atoms with Crippen LogP contribution in [0.15, 0.2) is 36.0 Å². The molecule has 4 aromatic rings. The third-order valence-electron chi connectivity index (χ3n) is 5.26. The molecular weight excluding hydrogens is 456 g/mol. The lowest BCUT2D eigenvalue weighted by Crippen LogP contribution is -2.25. The number of fused-ring (bicyclic) bond motifs is 1. The minimum atomic E-state index is -0.0159. The average molecular weight is 485 g/mol. The molecule has 0 atom stereocenters. The lowest BCUT2D eigenvalue weighted by molar-refractivity contribution is 0.311. The van der Waals surface area contributed by atoms with E-state index in [2.05, 4.69) is 21.3 Å². The highest BCUT2D eigenvalue weighted by Crippen LogP contribution is 2.39. The number of anilines is 2. The van der Waals surface area contributed by atoms with Crippen molar-refractivity contribution in [2.75, 3.05) is 44.7 Å². The summed E-state index contributed by atoms with van der Waals surface area (Å²) in [5.74, 6) is 2.83. The van der Waals surface area contributed by atoms with Gasteiger partial charge >= 0.3 is 0 Å². The number of aliphatic hydroxyl groups excluding tert-OH is 1. The largest absolute Gasteiger partial charge is 0.493 e. The topological polar surface area (TPSA) is 107 Å². The molecular formula is C23H28N6O4S. The summed E-state index contributed by atoms with van der Waals surface area (Å²) in [5, 5.41) is 14.5. The number of rotatable bonds is 11. The van der Waals surface area contributed by atoms with Crippen LogP contribution in [0.25, 0.3) is 11.2 Å². The highest BCUT2D eigenvalue weighted by Gasteiger charge is 2.20. The molecule has 0 bridgehead atoms. The normalized spacial score (nSPS) is 11.0. The highest BCUT2D eigenvalue weighted by atomic mass is 32.1. The Morgan fingerprint density at radius 1 is 1.09 bits per heavy atom. The van der Waals surface area contributed by atoms with Gasteiger partial charge in [0.05, 0.1) is 40.8 Å². The van der Waals surface area contributed by atoms with Gasteiger partial charge in [-0.3, -0.25) is 0 Å². The van der Waals surface area contributed by atoms with Crippen molar-refractivity contribution < 1.29 is 19.3 Å². The van der Waals surface area contributed by atoms with E-state index in [9.17, 15) is 5.11 Å². The molecule has 0 aliphatic heterocycles. The fourth-order valence-electron chi connectivity index (χ4n) is 3.67. The van der Waals surface area contributed by atoms with Crippen molar-refractivity contribution in [3.63, 3.8) is 0 Å². The molecule has 4 rings (SSSR count). The number of nitrogens with zero attached hydrogens (tertiary/aromatic N) is 5. The minimum absolute atomic E-state index is 0.0159. The lowest BCUT2D eigenvalue weighted by atomic mass is 10.1. The number of imidazole rings is 1. The van der Waals surface area contributed by atoms with Gasteiger partial charge in [-0.2, -0.15) is 9.97 Å². The Hall–Kier alpha value is -3.57. The Kier molecular flexibility index (Phi) is 7.33. The molecule has 0 saturated heterocycles. The van der Waals surface area contributed by atoms with Crippen LogP contribution in [0.2, 0.25) is 0 Å². The molecule has 10 nitrogen and oxygen atoms in total. The SMILES string of the molecule is COc1cc(CN(Cc2cccs2)c2nc(NCCO)c3ncn(C)c3n2)cc(OC)c1OC. The predicted octanol–water partition coefficient (Wildman–Crippen LogP) is 3.06. The van der Waals surface area contributed by atoms with E-state index in [1.807, 2.05) is 35.2 Å². The van der Waals surface area contributed by atoms with Crippen LogP contribution < -0.4 is 24.4 Å². The van der Waals surface area contributed by atoms with Gasteiger partial charge in [-0.05, 0) is 29.1 Å². The van der Waals surface area contributed by atoms with Gasteiger partial charge in [-0.25, -0.2) is 4.98 Å². The summed E-state index contributed by atoms with van der Waals surface area (Å²) < 4.78 is 18.4. The maximum absolute atomic E-state index is 9.32. The lowest BCUT2D eigenvalue weighted by Gasteiger charge is -2.24. The van der Waals surface area contributed by atoms with Gasteiger partial charge in [0.15, 0.2) is 28.5 Å². The molecule has 2 N–H and O–H groups in total. The maximum atomic E-state index is 9.32. The molecule has 0 saturated carbocycles. The number of aromatic nitrogens is 4. The van der Waals surface area contributed by atoms with Crippen molar-refractivity contribution in [2.24, 2.45) is 7.05 Å². The van der Waals surface area contributed by atoms with E-state index in [0.29, 0.717) is 59.8 Å². The van der Waals surface area contributed by atoms with E-state index in [-0.39, 0.29) is 6.61 Å². The van der Waals surface area contributed by atoms with Crippen molar-refractivity contribution >= 4 is 34.3 Å². The second kappa shape index (κ2) is 10.6. The van der Waals surface area contributed by atoms with Crippen molar-refractivity contribution in [2.45, 2.75) is 13.1 Å². The summed E-state index contributed by atoms with van der Waals surface area (Å²) in [5.41, 5.74) is 2.31. The zero-order chi connectivity index (χ0) is 24.1. The Labute approximate surface area is 201 Å². The number of ether oxygens (including phenoxy) is 3. The Morgan fingerprint density at radius 3 is 2.47 bits per heavy atom. The first-order valence-electron chi connectivity index (χ1n) is 10.7. The summed E-state index contributed by atoms with van der Waals surface area (Å²) in [7, 11) is 6.68. The van der Waals surface area contributed by atoms with Gasteiger partial charge in [-0.1, -0.05) is 6.07 Å². The first-order valence-corrected chi connectivity index (χ1v) is 11.6. The second-order valence-electron chi connectivity index (χ2n) is 7.52. The van der Waals surface area contributed by atoms with Crippen LogP contribution >= 0.6 is 11.3 Å². The smallest absolute Gasteiger partial charge is 0.230 e. The molecule has 3 aromatic heterocycles. The molecule has 180 valence electrons. The maximum Gasteiger partial charge on any atom is 0.230 e. The molecule has 0 aliphatic carbocycles. The number of aliphatic hydroxyl groups is 1. The molecule has 0 aliphatic rings. The zero-order valence-electron chi connectivity index (χ0n) is 19.6. The Balaban J connectivity index is 1.78. The van der Waals surface area contributed by atoms with Gasteiger partial charge in [-0.15, -0.1) is 11.3 Å². The van der Waals surface area contributed by atoms with E-state index < -0.39 is 0 Å². The van der Waals surface area contributed by atoms with Crippen molar-refractivity contribution in [1.82, 2.24) is 19.5 Å². The molecule has 1 aromatic carbocycles. The number of methoxy groups -OCH3 is 3. The van der Waals surface area contributed by atoms with Crippen LogP contribution in [0.4, 0.5) is 11.8 Å². The van der Waals surface area contributed by atoms with Crippen LogP contribution in [0, 0.1) is 0 Å². The molecule has 34 heavy (non-hydrogen) atoms. The number of thiophene rings is 1. The zero-order valence-corrected chi connectivity index (χ0v) is 20.4. The van der Waals surface area contributed by atoms with Gasteiger partial charge in [0.25, 0.3) is 0 Å². The summed E-state index contributed by atoms with van der Waals surface area (Å²) >= 11 is 1.67. The molecule has 0 spiro atoms. The number of benzene rings is 1. The first kappa shape index (κ1) is 23.6. The van der Waals surface area contributed by atoms with Gasteiger partial charge in [0.1, 0.15) is 0 Å². The fraction of sp³-hybridized carbons (Fsp3) is 0.348. The third-order valence-corrected chi connectivity index (χ3v) is 6.12. The Bertz CT molecular complexity index is 1220. The van der Waals surface area contributed by atoms with E-state index in [4.69, 9.17) is 24.2 Å². The summed E-state index contributed by atoms with van der Waals surface area (Å²) in [6, 6.07) is 7.96. The van der Waals surface area contributed by atoms with Crippen LogP contribution in [0.5, 0.6) is 17.2 Å². The summed E-state index contributed by atoms with van der Waals surface area (Å²) in [6.07, 6.45) is 1.70. The predicted molar refractivity (Wildman–Crippen MR) is 132 cm³/mol. The molecule has 0 amide bonds. The number of aryl methyl sites for hydroxylation is 1. The highest BCUT2D eigenvalue weighted by molar-refractivity contribution is 7.09. The number of hydrogen-bond acceptors (Lipinski definition) is 10. The van der Waals surface area contributed by atoms with E-state index in [0.717, 1.165) is 5.56 Å². The molecule has 0 fully saturated rings. The van der Waals surface area contributed by atoms with Crippen molar-refractivity contribution in [3.8, 4) is 17.2 Å². The quantitative estimate of drug-likeness (QED) is 0.332. The third kappa shape index (κ3) is 4.85. The molecule has 11 heteroatoms. The molecule has 0 unspecified atom stereocenters. The average Bonchev–Trinajstić information content (AvgIpc) is 3.51. The van der Waals surface area contributed by atoms with E-state index >= 15 is 0 Å². The molecule has 3 heterocycles.